The summed E-state index contributed by atoms with van der Waals surface area (Å²) < 4.78 is 43.0. The molecule has 0 heterocycles. The number of halogens is 3. The molecule has 5 amide bonds. The fourth-order valence-electron chi connectivity index (χ4n) is 16.5. The molecule has 0 radical (unpaired) electrons. The Balaban J connectivity index is 0.00000127. The van der Waals surface area contributed by atoms with Crippen LogP contribution < -0.4 is 27.0 Å². The highest BCUT2D eigenvalue weighted by molar-refractivity contribution is 6.01. The van der Waals surface area contributed by atoms with Gasteiger partial charge in [-0.05, 0) is 184 Å². The largest absolute Gasteiger partial charge is 0.449 e. The number of ether oxygens (including phenoxy) is 2. The number of aldehydes is 1. The number of nitrogens with two attached hydrogens (primary N) is 1. The number of rotatable bonds is 14. The SMILES string of the molecule is C[C@]1(C(=O)NC(=O)[C@@]2(C)CCC[C@]3(C)c4cc(NC(=O)[C@H](CCCCNC(=O)OCC5c6ccccc6-c6ccccc65)NC(=O)OCC5c6ccccc6-c6ccccc65)ccc4CC[C@@H]23)CCC[C@]2(C)c3cc(N)ccc3CC[C@@H]12.O=CC(F)(F)F. The highest BCUT2D eigenvalue weighted by Gasteiger charge is 2.58. The number of carbonyl (C=O) groups is 6. The van der Waals surface area contributed by atoms with Crippen molar-refractivity contribution in [3.8, 4) is 22.3 Å². The number of hydrogen-bond donors (Lipinski definition) is 5. The van der Waals surface area contributed by atoms with Gasteiger partial charge in [0.25, 0.3) is 0 Å². The molecule has 6 aliphatic rings. The van der Waals surface area contributed by atoms with E-state index in [9.17, 15) is 37.1 Å². The predicted octanol–water partition coefficient (Wildman–Crippen LogP) is 13.9. The van der Waals surface area contributed by atoms with E-state index in [0.717, 1.165) is 114 Å². The molecule has 2 saturated carbocycles. The van der Waals surface area contributed by atoms with Gasteiger partial charge in [-0.15, -0.1) is 0 Å². The van der Waals surface area contributed by atoms with Crippen LogP contribution in [0.3, 0.4) is 0 Å². The van der Waals surface area contributed by atoms with Crippen LogP contribution in [0.15, 0.2) is 133 Å². The van der Waals surface area contributed by atoms with Crippen LogP contribution in [-0.4, -0.2) is 68.2 Å². The normalized spacial score (nSPS) is 24.0. The van der Waals surface area contributed by atoms with Crippen LogP contribution in [0.5, 0.6) is 0 Å². The van der Waals surface area contributed by atoms with Crippen molar-refractivity contribution >= 4 is 47.6 Å². The Morgan fingerprint density at radius 3 is 1.52 bits per heavy atom. The molecule has 13 nitrogen and oxygen atoms in total. The Bertz CT molecular complexity index is 3590. The van der Waals surface area contributed by atoms with Crippen LogP contribution >= 0.6 is 0 Å². The third-order valence-corrected chi connectivity index (χ3v) is 20.9. The Morgan fingerprint density at radius 1 is 0.602 bits per heavy atom. The molecule has 0 spiro atoms. The molecule has 2 fully saturated rings. The van der Waals surface area contributed by atoms with Gasteiger partial charge >= 0.3 is 18.4 Å². The highest BCUT2D eigenvalue weighted by atomic mass is 19.4. The van der Waals surface area contributed by atoms with Crippen LogP contribution in [0.25, 0.3) is 22.3 Å². The van der Waals surface area contributed by atoms with Gasteiger partial charge in [-0.25, -0.2) is 9.59 Å². The summed E-state index contributed by atoms with van der Waals surface area (Å²) in [6.45, 7) is 9.31. The number of alkyl carbamates (subject to hydrolysis) is 2. The molecule has 460 valence electrons. The number of nitrogens with one attached hydrogen (secondary N) is 4. The van der Waals surface area contributed by atoms with Crippen molar-refractivity contribution in [2.75, 3.05) is 30.8 Å². The monoisotopic (exact) mass is 1200 g/mol. The molecule has 0 unspecified atom stereocenters. The molecule has 7 atom stereocenters. The van der Waals surface area contributed by atoms with Crippen LogP contribution in [0.1, 0.15) is 155 Å². The molecule has 12 rings (SSSR count). The number of imide groups is 1. The standard InChI is InChI=1S/C70H77N5O7.C2HF3O/c1-67-34-15-36-69(3,60(67)32-28-43-26-30-45(71)39-57(43)67)63(77)75-64(78)70(4)37-16-35-68(2)58-40-46(31-27-44(58)29-33-61(68)70)73-62(76)59(74-66(80)82-42-56-53-23-11-7-19-49(53)50-20-8-12-24-54(50)56)25-13-14-38-72-65(79)81-41-55-51-21-9-5-17-47(51)48-18-6-10-22-52(48)55;3-2(4,5)1-6/h5-12,17-24,26-27,30-31,39-40,55-56,59-61H,13-16,25,28-29,32-38,41-42,71H2,1-4H3,(H,72,79)(H,73,76)(H,74,80)(H,75,77,78);1H/t59-,60+,61+,67+,68+,69-,70-;/m0./s1. The minimum absolute atomic E-state index is 0.0565. The fraction of sp³-hybridized carbons (Fsp3) is 0.417. The molecule has 6 aromatic carbocycles. The van der Waals surface area contributed by atoms with Crippen LogP contribution in [-0.2, 0) is 52.3 Å². The van der Waals surface area contributed by atoms with Crippen molar-refractivity contribution < 1.29 is 51.4 Å². The van der Waals surface area contributed by atoms with Gasteiger partial charge < -0.3 is 31.2 Å². The lowest BCUT2D eigenvalue weighted by Crippen LogP contribution is -2.60. The number of amides is 5. The fourth-order valence-corrected chi connectivity index (χ4v) is 16.5. The summed E-state index contributed by atoms with van der Waals surface area (Å²) in [5.41, 5.74) is 19.4. The first-order chi connectivity index (χ1) is 42.1. The molecule has 6 aromatic rings. The molecule has 16 heteroatoms. The zero-order valence-corrected chi connectivity index (χ0v) is 50.5. The minimum atomic E-state index is -4.64. The van der Waals surface area contributed by atoms with E-state index in [-0.39, 0.29) is 66.4 Å². The Labute approximate surface area is 512 Å². The molecule has 0 bridgehead atoms. The number of carbonyl (C=O) groups excluding carboxylic acids is 6. The van der Waals surface area contributed by atoms with Gasteiger partial charge in [-0.1, -0.05) is 150 Å². The molecule has 0 aromatic heterocycles. The Hall–Kier alpha value is -8.27. The molecule has 6 N–H and O–H groups in total. The first-order valence-electron chi connectivity index (χ1n) is 31.1. The zero-order chi connectivity index (χ0) is 62.2. The summed E-state index contributed by atoms with van der Waals surface area (Å²) in [5, 5.41) is 12.1. The van der Waals surface area contributed by atoms with Crippen molar-refractivity contribution in [3.63, 3.8) is 0 Å². The van der Waals surface area contributed by atoms with Crippen molar-refractivity contribution in [1.82, 2.24) is 16.0 Å². The molecule has 6 aliphatic carbocycles. The third kappa shape index (κ3) is 11.8. The van der Waals surface area contributed by atoms with Gasteiger partial charge in [0.2, 0.25) is 24.0 Å². The van der Waals surface area contributed by atoms with Crippen LogP contribution in [0.2, 0.25) is 0 Å². The lowest BCUT2D eigenvalue weighted by atomic mass is 9.49. The number of unbranched alkanes of at least 4 members (excludes halogenated alkanes) is 1. The van der Waals surface area contributed by atoms with Crippen molar-refractivity contribution in [2.24, 2.45) is 22.7 Å². The average Bonchev–Trinajstić information content (AvgIpc) is 1.23. The van der Waals surface area contributed by atoms with E-state index in [0.29, 0.717) is 31.5 Å². The predicted molar refractivity (Wildman–Crippen MR) is 332 cm³/mol. The average molecular weight is 1200 g/mol. The van der Waals surface area contributed by atoms with E-state index in [2.05, 4.69) is 122 Å². The second-order valence-electron chi connectivity index (χ2n) is 26.1. The molecule has 88 heavy (non-hydrogen) atoms. The maximum Gasteiger partial charge on any atom is 0.446 e. The summed E-state index contributed by atoms with van der Waals surface area (Å²) >= 11 is 0. The first kappa shape index (κ1) is 61.4. The number of hydrogen-bond acceptors (Lipinski definition) is 9. The second kappa shape index (κ2) is 24.7. The number of anilines is 2. The van der Waals surface area contributed by atoms with Crippen LogP contribution in [0.4, 0.5) is 34.1 Å². The van der Waals surface area contributed by atoms with E-state index in [1.54, 1.807) is 0 Å². The topological polar surface area (TPSA) is 195 Å². The van der Waals surface area contributed by atoms with Crippen molar-refractivity contribution in [3.05, 3.63) is 178 Å². The van der Waals surface area contributed by atoms with E-state index in [4.69, 9.17) is 20.0 Å². The minimum Gasteiger partial charge on any atom is -0.449 e. The summed E-state index contributed by atoms with van der Waals surface area (Å²) in [7, 11) is 0. The first-order valence-corrected chi connectivity index (χ1v) is 31.1. The molecular formula is C72H78F3N5O8. The van der Waals surface area contributed by atoms with E-state index < -0.39 is 46.9 Å². The van der Waals surface area contributed by atoms with Gasteiger partial charge in [0.05, 0.1) is 10.8 Å². The lowest BCUT2D eigenvalue weighted by Gasteiger charge is -2.56. The zero-order valence-electron chi connectivity index (χ0n) is 50.5. The number of aryl methyl sites for hydroxylation is 2. The number of fused-ring (bicyclic) bond motifs is 12. The Morgan fingerprint density at radius 2 is 1.05 bits per heavy atom. The van der Waals surface area contributed by atoms with Gasteiger partial charge in [-0.2, -0.15) is 13.2 Å². The van der Waals surface area contributed by atoms with Gasteiger partial charge in [0, 0.05) is 29.8 Å². The molecular weight excluding hydrogens is 1120 g/mol. The van der Waals surface area contributed by atoms with Crippen molar-refractivity contribution in [2.45, 2.75) is 146 Å². The molecule has 0 saturated heterocycles. The summed E-state index contributed by atoms with van der Waals surface area (Å²) in [4.78, 5) is 80.0. The van der Waals surface area contributed by atoms with E-state index >= 15 is 0 Å². The maximum absolute atomic E-state index is 14.9. The Kier molecular flexibility index (Phi) is 17.2. The number of benzene rings is 6. The lowest BCUT2D eigenvalue weighted by molar-refractivity contribution is -0.156. The smallest absolute Gasteiger partial charge is 0.446 e. The third-order valence-electron chi connectivity index (χ3n) is 20.9. The van der Waals surface area contributed by atoms with Gasteiger partial charge in [-0.3, -0.25) is 24.5 Å². The summed E-state index contributed by atoms with van der Waals surface area (Å²) in [6.07, 6.45) is 2.66. The van der Waals surface area contributed by atoms with Gasteiger partial charge in [0.1, 0.15) is 19.3 Å². The highest BCUT2D eigenvalue weighted by Crippen LogP contribution is 2.60. The maximum atomic E-state index is 14.9. The van der Waals surface area contributed by atoms with Gasteiger partial charge in [0.15, 0.2) is 0 Å². The van der Waals surface area contributed by atoms with Crippen molar-refractivity contribution in [1.29, 1.82) is 0 Å². The second-order valence-corrected chi connectivity index (χ2v) is 26.1. The quantitative estimate of drug-likeness (QED) is 0.0305. The van der Waals surface area contributed by atoms with E-state index in [1.807, 2.05) is 60.7 Å². The summed E-state index contributed by atoms with van der Waals surface area (Å²) in [6, 6.07) is 44.1. The van der Waals surface area contributed by atoms with Crippen LogP contribution in [0, 0.1) is 22.7 Å². The molecule has 0 aliphatic heterocycles. The summed E-state index contributed by atoms with van der Waals surface area (Å²) in [5.74, 6) is -0.941. The van der Waals surface area contributed by atoms with E-state index in [1.165, 1.54) is 16.7 Å². The number of alkyl halides is 3. The number of nitrogen functional groups attached to an aromatic ring is 1.